The number of pyridine rings is 2. The number of ether oxygens (including phenoxy) is 1. The first-order chi connectivity index (χ1) is 25.1. The summed E-state index contributed by atoms with van der Waals surface area (Å²) in [6, 6.07) is 40.9. The van der Waals surface area contributed by atoms with E-state index >= 15 is 0 Å². The van der Waals surface area contributed by atoms with Crippen LogP contribution >= 0.6 is 0 Å². The van der Waals surface area contributed by atoms with Gasteiger partial charge in [0.15, 0.2) is 0 Å². The molecule has 0 saturated heterocycles. The van der Waals surface area contributed by atoms with Gasteiger partial charge in [0.2, 0.25) is 0 Å². The summed E-state index contributed by atoms with van der Waals surface area (Å²) in [6.07, 6.45) is 7.27. The van der Waals surface area contributed by atoms with E-state index in [-0.39, 0.29) is 37.3 Å². The number of fused-ring (bicyclic) bond motifs is 4. The van der Waals surface area contributed by atoms with Gasteiger partial charge < -0.3 is 9.30 Å². The van der Waals surface area contributed by atoms with E-state index in [4.69, 9.17) is 14.7 Å². The SMILES string of the molecule is CC(C)(C)c1cccc(-[n+]2[c-]n(-c3[c-]c(Oc4[c-]c5c(cc4)c4ccccc4n5-c4cc(C(C)(C)C)ccn4)ccn3)c3cc(C(C)(C)C)ccc32)c1.[Pt]. The van der Waals surface area contributed by atoms with Crippen LogP contribution < -0.4 is 9.30 Å². The zero-order valence-electron chi connectivity index (χ0n) is 32.4. The van der Waals surface area contributed by atoms with Crippen molar-refractivity contribution in [2.75, 3.05) is 0 Å². The fraction of sp³-hybridized carbons (Fsp3) is 0.255. The molecule has 0 amide bonds. The maximum Gasteiger partial charge on any atom is 0.269 e. The molecule has 0 radical (unpaired) electrons. The molecule has 7 heteroatoms. The van der Waals surface area contributed by atoms with Crippen LogP contribution in [-0.4, -0.2) is 19.1 Å². The van der Waals surface area contributed by atoms with Crippen LogP contribution in [-0.2, 0) is 37.3 Å². The third-order valence-corrected chi connectivity index (χ3v) is 9.98. The summed E-state index contributed by atoms with van der Waals surface area (Å²) in [5.41, 5.74) is 8.67. The first-order valence-corrected chi connectivity index (χ1v) is 18.3. The summed E-state index contributed by atoms with van der Waals surface area (Å²) < 4.78 is 12.8. The van der Waals surface area contributed by atoms with E-state index in [1.807, 2.05) is 22.9 Å². The van der Waals surface area contributed by atoms with Crippen molar-refractivity contribution in [1.82, 2.24) is 19.1 Å². The predicted molar refractivity (Wildman–Crippen MR) is 214 cm³/mol. The molecule has 8 rings (SSSR count). The van der Waals surface area contributed by atoms with Gasteiger partial charge >= 0.3 is 0 Å². The third kappa shape index (κ3) is 6.89. The van der Waals surface area contributed by atoms with Gasteiger partial charge in [-0.2, -0.15) is 18.2 Å². The van der Waals surface area contributed by atoms with Gasteiger partial charge in [-0.3, -0.25) is 14.1 Å². The number of imidazole rings is 1. The van der Waals surface area contributed by atoms with Crippen LogP contribution in [0, 0.1) is 18.5 Å². The number of rotatable bonds is 5. The van der Waals surface area contributed by atoms with E-state index in [1.54, 1.807) is 6.20 Å². The first-order valence-electron chi connectivity index (χ1n) is 18.3. The number of nitrogens with zero attached hydrogens (tertiary/aromatic N) is 5. The van der Waals surface area contributed by atoms with Crippen molar-refractivity contribution in [1.29, 1.82) is 0 Å². The largest absolute Gasteiger partial charge is 0.522 e. The molecule has 0 bridgehead atoms. The average molecular weight is 891 g/mol. The summed E-state index contributed by atoms with van der Waals surface area (Å²) in [7, 11) is 0. The maximum atomic E-state index is 6.53. The smallest absolute Gasteiger partial charge is 0.269 e. The second-order valence-corrected chi connectivity index (χ2v) is 17.0. The molecule has 0 N–H and O–H groups in total. The van der Waals surface area contributed by atoms with Crippen molar-refractivity contribution in [3.8, 4) is 28.8 Å². The van der Waals surface area contributed by atoms with Crippen molar-refractivity contribution in [3.63, 3.8) is 0 Å². The molecule has 54 heavy (non-hydrogen) atoms. The molecule has 0 spiro atoms. The van der Waals surface area contributed by atoms with Gasteiger partial charge in [-0.05, 0) is 80.5 Å². The Labute approximate surface area is 332 Å². The van der Waals surface area contributed by atoms with E-state index in [2.05, 4.69) is 175 Å². The van der Waals surface area contributed by atoms with Gasteiger partial charge in [-0.15, -0.1) is 17.5 Å². The van der Waals surface area contributed by atoms with Gasteiger partial charge in [0.25, 0.3) is 6.33 Å². The van der Waals surface area contributed by atoms with Crippen LogP contribution in [0.1, 0.15) is 79.0 Å². The Bertz CT molecular complexity index is 2670. The summed E-state index contributed by atoms with van der Waals surface area (Å²) in [6.45, 7) is 20.1. The van der Waals surface area contributed by atoms with Crippen LogP contribution in [0.4, 0.5) is 0 Å². The number of hydrogen-bond donors (Lipinski definition) is 0. The van der Waals surface area contributed by atoms with Crippen molar-refractivity contribution in [2.45, 2.75) is 78.6 Å². The molecule has 0 aliphatic carbocycles. The van der Waals surface area contributed by atoms with E-state index in [0.29, 0.717) is 17.3 Å². The summed E-state index contributed by atoms with van der Waals surface area (Å²) in [4.78, 5) is 9.60. The van der Waals surface area contributed by atoms with E-state index in [0.717, 1.165) is 44.3 Å². The number of aromatic nitrogens is 5. The molecule has 0 fully saturated rings. The predicted octanol–water partition coefficient (Wildman–Crippen LogP) is 10.9. The van der Waals surface area contributed by atoms with Gasteiger partial charge in [0, 0.05) is 38.5 Å². The molecule has 6 nitrogen and oxygen atoms in total. The van der Waals surface area contributed by atoms with Gasteiger partial charge in [-0.25, -0.2) is 4.98 Å². The summed E-state index contributed by atoms with van der Waals surface area (Å²) >= 11 is 0. The fourth-order valence-electron chi connectivity index (χ4n) is 6.87. The Hall–Kier alpha value is -5.06. The topological polar surface area (TPSA) is 48.8 Å². The number of para-hydroxylation sites is 1. The van der Waals surface area contributed by atoms with Gasteiger partial charge in [0.05, 0.1) is 22.5 Å². The molecule has 4 aromatic heterocycles. The van der Waals surface area contributed by atoms with Crippen LogP contribution in [0.5, 0.6) is 11.5 Å². The Morgan fingerprint density at radius 1 is 0.593 bits per heavy atom. The molecule has 0 unspecified atom stereocenters. The van der Waals surface area contributed by atoms with E-state index in [9.17, 15) is 0 Å². The standard InChI is InChI=1S/C47H45N5O.Pt/c1-45(2,3)31-13-12-14-34(25-31)50-30-51(42-26-32(46(4,5)6)17-20-40(42)50)43-29-36(22-24-48-43)53-35-18-19-38-37-15-10-11-16-39(37)52(41(38)28-35)44-27-33(21-23-49-44)47(7,8)9;/h10-27H,1-9H3;/q-2;. The zero-order chi connectivity index (χ0) is 37.3. The second-order valence-electron chi connectivity index (χ2n) is 17.0. The molecule has 0 saturated carbocycles. The number of benzene rings is 4. The zero-order valence-corrected chi connectivity index (χ0v) is 34.6. The molecule has 0 aliphatic heterocycles. The van der Waals surface area contributed by atoms with E-state index < -0.39 is 0 Å². The van der Waals surface area contributed by atoms with Crippen molar-refractivity contribution < 1.29 is 30.4 Å². The first kappa shape index (κ1) is 37.3. The van der Waals surface area contributed by atoms with Crippen molar-refractivity contribution in [3.05, 3.63) is 145 Å². The van der Waals surface area contributed by atoms with Gasteiger partial charge in [-0.1, -0.05) is 116 Å². The van der Waals surface area contributed by atoms with Gasteiger partial charge in [0.1, 0.15) is 5.82 Å². The fourth-order valence-corrected chi connectivity index (χ4v) is 6.87. The minimum atomic E-state index is -0.0388. The number of hydrogen-bond acceptors (Lipinski definition) is 3. The minimum absolute atomic E-state index is 0. The molecule has 0 atom stereocenters. The molecule has 4 heterocycles. The Morgan fingerprint density at radius 2 is 1.28 bits per heavy atom. The van der Waals surface area contributed by atoms with Crippen LogP contribution in [0.15, 0.2) is 109 Å². The van der Waals surface area contributed by atoms with Crippen molar-refractivity contribution >= 4 is 32.8 Å². The van der Waals surface area contributed by atoms with Crippen LogP contribution in [0.2, 0.25) is 0 Å². The Balaban J connectivity index is 0.00000450. The normalized spacial score (nSPS) is 12.4. The molecule has 8 aromatic rings. The molecular weight excluding hydrogens is 846 g/mol. The summed E-state index contributed by atoms with van der Waals surface area (Å²) in [5, 5.41) is 2.22. The third-order valence-electron chi connectivity index (χ3n) is 9.98. The molecule has 276 valence electrons. The molecule has 4 aromatic carbocycles. The van der Waals surface area contributed by atoms with Crippen LogP contribution in [0.25, 0.3) is 50.2 Å². The molecule has 0 aliphatic rings. The minimum Gasteiger partial charge on any atom is -0.522 e. The van der Waals surface area contributed by atoms with Crippen molar-refractivity contribution in [2.24, 2.45) is 0 Å². The monoisotopic (exact) mass is 890 g/mol. The quantitative estimate of drug-likeness (QED) is 0.128. The van der Waals surface area contributed by atoms with E-state index in [1.165, 1.54) is 16.7 Å². The maximum absolute atomic E-state index is 6.53. The Morgan fingerprint density at radius 3 is 2.04 bits per heavy atom. The second kappa shape index (κ2) is 13.7. The summed E-state index contributed by atoms with van der Waals surface area (Å²) in [5.74, 6) is 2.54. The van der Waals surface area contributed by atoms with Crippen LogP contribution in [0.3, 0.4) is 0 Å². The molecular formula is C47H45N5OPt-2. The average Bonchev–Trinajstić information content (AvgIpc) is 3.66. The Kier molecular flexibility index (Phi) is 9.42.